The van der Waals surface area contributed by atoms with Crippen LogP contribution >= 0.6 is 22.6 Å². The van der Waals surface area contributed by atoms with E-state index >= 15 is 0 Å². The zero-order valence-electron chi connectivity index (χ0n) is 16.6. The van der Waals surface area contributed by atoms with Gasteiger partial charge in [0.1, 0.15) is 0 Å². The van der Waals surface area contributed by atoms with E-state index < -0.39 is 0 Å². The fourth-order valence-electron chi connectivity index (χ4n) is 4.46. The second-order valence-corrected chi connectivity index (χ2v) is 9.29. The summed E-state index contributed by atoms with van der Waals surface area (Å²) in [6.45, 7) is 4.65. The minimum absolute atomic E-state index is 0.0326. The number of hydrogen-bond donors (Lipinski definition) is 0. The molecule has 0 spiro atoms. The Bertz CT molecular complexity index is 1180. The highest BCUT2D eigenvalue weighted by Crippen LogP contribution is 2.50. The van der Waals surface area contributed by atoms with Gasteiger partial charge in [0.2, 0.25) is 0 Å². The van der Waals surface area contributed by atoms with Gasteiger partial charge in [-0.3, -0.25) is 0 Å². The van der Waals surface area contributed by atoms with Crippen LogP contribution in [0.1, 0.15) is 25.0 Å². The van der Waals surface area contributed by atoms with E-state index in [9.17, 15) is 0 Å². The molecule has 0 saturated heterocycles. The van der Waals surface area contributed by atoms with Crippen LogP contribution in [-0.4, -0.2) is 0 Å². The van der Waals surface area contributed by atoms with E-state index in [4.69, 9.17) is 0 Å². The van der Waals surface area contributed by atoms with Crippen LogP contribution in [0.5, 0.6) is 0 Å². The molecule has 29 heavy (non-hydrogen) atoms. The second-order valence-electron chi connectivity index (χ2n) is 8.05. The van der Waals surface area contributed by atoms with E-state index in [1.165, 1.54) is 42.9 Å². The van der Waals surface area contributed by atoms with Gasteiger partial charge in [0, 0.05) is 26.0 Å². The van der Waals surface area contributed by atoms with Crippen LogP contribution in [0.4, 0.5) is 17.1 Å². The van der Waals surface area contributed by atoms with Crippen molar-refractivity contribution >= 4 is 39.7 Å². The lowest BCUT2D eigenvalue weighted by atomic mass is 9.82. The molecule has 0 fully saturated rings. The standard InChI is InChI=1S/C27H22IN/c1-27(2)25-11-7-6-10-23(25)24-18-22(16-17-26(24)27)29(20-8-4-3-5-9-20)21-14-12-19(28)13-15-21/h3-18H,1-2H3. The van der Waals surface area contributed by atoms with Crippen molar-refractivity contribution in [1.29, 1.82) is 0 Å². The molecule has 0 aliphatic heterocycles. The summed E-state index contributed by atoms with van der Waals surface area (Å²) in [5.41, 5.74) is 9.06. The summed E-state index contributed by atoms with van der Waals surface area (Å²) < 4.78 is 1.24. The van der Waals surface area contributed by atoms with Gasteiger partial charge >= 0.3 is 0 Å². The number of hydrogen-bond acceptors (Lipinski definition) is 1. The van der Waals surface area contributed by atoms with Crippen molar-refractivity contribution in [2.45, 2.75) is 19.3 Å². The van der Waals surface area contributed by atoms with Crippen LogP contribution in [0.2, 0.25) is 0 Å². The molecule has 0 unspecified atom stereocenters. The molecule has 2 heteroatoms. The number of fused-ring (bicyclic) bond motifs is 3. The second kappa shape index (κ2) is 7.03. The average Bonchev–Trinajstić information content (AvgIpc) is 2.98. The largest absolute Gasteiger partial charge is 0.310 e. The van der Waals surface area contributed by atoms with Crippen molar-refractivity contribution in [3.05, 3.63) is 112 Å². The zero-order chi connectivity index (χ0) is 20.0. The number of rotatable bonds is 3. The molecule has 4 aromatic rings. The minimum atomic E-state index is 0.0326. The van der Waals surface area contributed by atoms with E-state index in [1.54, 1.807) is 0 Å². The Kier molecular flexibility index (Phi) is 4.47. The first-order valence-corrected chi connectivity index (χ1v) is 11.0. The van der Waals surface area contributed by atoms with E-state index in [1.807, 2.05) is 0 Å². The summed E-state index contributed by atoms with van der Waals surface area (Å²) in [7, 11) is 0. The fraction of sp³-hybridized carbons (Fsp3) is 0.111. The molecule has 0 amide bonds. The van der Waals surface area contributed by atoms with Crippen molar-refractivity contribution in [2.24, 2.45) is 0 Å². The van der Waals surface area contributed by atoms with E-state index in [-0.39, 0.29) is 5.41 Å². The quantitative estimate of drug-likeness (QED) is 0.264. The van der Waals surface area contributed by atoms with Crippen LogP contribution in [0.15, 0.2) is 97.1 Å². The Hall–Kier alpha value is -2.59. The lowest BCUT2D eigenvalue weighted by molar-refractivity contribution is 0.660. The van der Waals surface area contributed by atoms with Crippen LogP contribution in [0.25, 0.3) is 11.1 Å². The maximum Gasteiger partial charge on any atom is 0.0468 e. The van der Waals surface area contributed by atoms with Gasteiger partial charge in [-0.1, -0.05) is 62.4 Å². The third-order valence-corrected chi connectivity index (χ3v) is 6.64. The molecule has 0 aromatic heterocycles. The first-order chi connectivity index (χ1) is 14.1. The predicted octanol–water partition coefficient (Wildman–Crippen LogP) is 8.07. The third kappa shape index (κ3) is 3.06. The molecule has 5 rings (SSSR count). The van der Waals surface area contributed by atoms with Crippen LogP contribution in [-0.2, 0) is 5.41 Å². The molecule has 1 aliphatic carbocycles. The molecular formula is C27H22IN. The zero-order valence-corrected chi connectivity index (χ0v) is 18.7. The summed E-state index contributed by atoms with van der Waals surface area (Å²) in [5, 5.41) is 0. The van der Waals surface area contributed by atoms with Gasteiger partial charge < -0.3 is 4.90 Å². The van der Waals surface area contributed by atoms with Gasteiger partial charge in [0.25, 0.3) is 0 Å². The van der Waals surface area contributed by atoms with Crippen molar-refractivity contribution in [2.75, 3.05) is 4.90 Å². The predicted molar refractivity (Wildman–Crippen MR) is 131 cm³/mol. The lowest BCUT2D eigenvalue weighted by Crippen LogP contribution is -2.15. The number of nitrogens with zero attached hydrogens (tertiary/aromatic N) is 1. The molecule has 4 aromatic carbocycles. The first kappa shape index (κ1) is 18.4. The van der Waals surface area contributed by atoms with E-state index in [0.29, 0.717) is 0 Å². The minimum Gasteiger partial charge on any atom is -0.310 e. The maximum atomic E-state index is 2.36. The van der Waals surface area contributed by atoms with Crippen molar-refractivity contribution in [3.63, 3.8) is 0 Å². The Morgan fingerprint density at radius 3 is 1.93 bits per heavy atom. The first-order valence-electron chi connectivity index (χ1n) is 9.91. The fourth-order valence-corrected chi connectivity index (χ4v) is 4.82. The number of benzene rings is 4. The highest BCUT2D eigenvalue weighted by molar-refractivity contribution is 14.1. The van der Waals surface area contributed by atoms with E-state index in [2.05, 4.69) is 138 Å². The average molecular weight is 487 g/mol. The molecule has 0 bridgehead atoms. The van der Waals surface area contributed by atoms with Crippen LogP contribution in [0.3, 0.4) is 0 Å². The van der Waals surface area contributed by atoms with Crippen LogP contribution in [0, 0.1) is 3.57 Å². The smallest absolute Gasteiger partial charge is 0.0468 e. The molecule has 0 radical (unpaired) electrons. The lowest BCUT2D eigenvalue weighted by Gasteiger charge is -2.27. The van der Waals surface area contributed by atoms with Crippen molar-refractivity contribution in [1.82, 2.24) is 0 Å². The van der Waals surface area contributed by atoms with Gasteiger partial charge in [-0.2, -0.15) is 0 Å². The highest BCUT2D eigenvalue weighted by atomic mass is 127. The molecule has 0 atom stereocenters. The summed E-state index contributed by atoms with van der Waals surface area (Å²) in [5.74, 6) is 0. The molecule has 1 aliphatic rings. The molecule has 0 heterocycles. The van der Waals surface area contributed by atoms with Crippen LogP contribution < -0.4 is 4.90 Å². The molecule has 0 saturated carbocycles. The van der Waals surface area contributed by atoms with Gasteiger partial charge in [-0.25, -0.2) is 0 Å². The Labute approximate surface area is 186 Å². The number of para-hydroxylation sites is 1. The maximum absolute atomic E-state index is 2.36. The Balaban J connectivity index is 1.71. The number of halogens is 1. The molecule has 0 N–H and O–H groups in total. The van der Waals surface area contributed by atoms with Crippen molar-refractivity contribution in [3.8, 4) is 11.1 Å². The number of anilines is 3. The van der Waals surface area contributed by atoms with Gasteiger partial charge in [-0.15, -0.1) is 0 Å². The Morgan fingerprint density at radius 1 is 0.586 bits per heavy atom. The molecular weight excluding hydrogens is 465 g/mol. The normalized spacial score (nSPS) is 13.6. The van der Waals surface area contributed by atoms with Gasteiger partial charge in [-0.05, 0) is 93.4 Å². The molecule has 142 valence electrons. The molecule has 1 nitrogen and oxygen atoms in total. The third-order valence-electron chi connectivity index (χ3n) is 5.92. The monoisotopic (exact) mass is 487 g/mol. The SMILES string of the molecule is CC1(C)c2ccccc2-c2cc(N(c3ccccc3)c3ccc(I)cc3)ccc21. The van der Waals surface area contributed by atoms with Gasteiger partial charge in [0.05, 0.1) is 0 Å². The topological polar surface area (TPSA) is 3.24 Å². The van der Waals surface area contributed by atoms with E-state index in [0.717, 1.165) is 0 Å². The highest BCUT2D eigenvalue weighted by Gasteiger charge is 2.35. The van der Waals surface area contributed by atoms with Gasteiger partial charge in [0.15, 0.2) is 0 Å². The summed E-state index contributed by atoms with van der Waals surface area (Å²) in [6, 6.07) is 35.1. The summed E-state index contributed by atoms with van der Waals surface area (Å²) in [4.78, 5) is 2.34. The summed E-state index contributed by atoms with van der Waals surface area (Å²) in [6.07, 6.45) is 0. The Morgan fingerprint density at radius 2 is 1.17 bits per heavy atom. The van der Waals surface area contributed by atoms with Crippen molar-refractivity contribution < 1.29 is 0 Å². The summed E-state index contributed by atoms with van der Waals surface area (Å²) >= 11 is 2.36.